The number of hydrogen-bond acceptors (Lipinski definition) is 4. The van der Waals surface area contributed by atoms with Crippen LogP contribution in [0.4, 0.5) is 5.69 Å². The van der Waals surface area contributed by atoms with Gasteiger partial charge < -0.3 is 15.8 Å². The zero-order valence-corrected chi connectivity index (χ0v) is 11.3. The van der Waals surface area contributed by atoms with Crippen molar-refractivity contribution in [1.82, 2.24) is 15.1 Å². The standard InChI is InChI=1S/C12H22N4O2/c1-4-16-7-10(13)11(15-16)12(17)14-5-6-18-8-9(2)3/h7,9H,4-6,8,13H2,1-3H3,(H,14,17). The molecule has 6 heteroatoms. The fourth-order valence-corrected chi connectivity index (χ4v) is 1.41. The maximum atomic E-state index is 11.8. The van der Waals surface area contributed by atoms with Crippen molar-refractivity contribution in [3.05, 3.63) is 11.9 Å². The molecule has 3 N–H and O–H groups in total. The molecule has 102 valence electrons. The molecule has 0 saturated carbocycles. The lowest BCUT2D eigenvalue weighted by atomic mass is 10.2. The van der Waals surface area contributed by atoms with E-state index in [4.69, 9.17) is 10.5 Å². The summed E-state index contributed by atoms with van der Waals surface area (Å²) < 4.78 is 7.00. The number of carbonyl (C=O) groups is 1. The molecule has 0 aliphatic heterocycles. The number of nitrogens with zero attached hydrogens (tertiary/aromatic N) is 2. The molecule has 0 aliphatic carbocycles. The van der Waals surface area contributed by atoms with Crippen LogP contribution in [0.15, 0.2) is 6.20 Å². The van der Waals surface area contributed by atoms with Gasteiger partial charge in [0.05, 0.1) is 12.3 Å². The SMILES string of the molecule is CCn1cc(N)c(C(=O)NCCOCC(C)C)n1. The first-order valence-electron chi connectivity index (χ1n) is 6.23. The lowest BCUT2D eigenvalue weighted by Gasteiger charge is -2.07. The van der Waals surface area contributed by atoms with E-state index in [2.05, 4.69) is 24.3 Å². The normalized spacial score (nSPS) is 10.9. The van der Waals surface area contributed by atoms with Crippen molar-refractivity contribution in [2.24, 2.45) is 5.92 Å². The van der Waals surface area contributed by atoms with Gasteiger partial charge in [-0.15, -0.1) is 0 Å². The number of rotatable bonds is 7. The van der Waals surface area contributed by atoms with E-state index in [9.17, 15) is 4.79 Å². The van der Waals surface area contributed by atoms with Crippen LogP contribution in [0.3, 0.4) is 0 Å². The Morgan fingerprint density at radius 1 is 1.61 bits per heavy atom. The van der Waals surface area contributed by atoms with E-state index in [0.717, 1.165) is 0 Å². The second-order valence-electron chi connectivity index (χ2n) is 4.51. The number of amides is 1. The van der Waals surface area contributed by atoms with Crippen molar-refractivity contribution in [2.75, 3.05) is 25.5 Å². The summed E-state index contributed by atoms with van der Waals surface area (Å²) in [5, 5.41) is 6.83. The van der Waals surface area contributed by atoms with Gasteiger partial charge in [0.1, 0.15) is 0 Å². The number of hydrogen-bond donors (Lipinski definition) is 2. The molecule has 0 unspecified atom stereocenters. The third-order valence-electron chi connectivity index (χ3n) is 2.31. The molecule has 0 fully saturated rings. The van der Waals surface area contributed by atoms with E-state index in [-0.39, 0.29) is 11.6 Å². The first-order chi connectivity index (χ1) is 8.54. The Morgan fingerprint density at radius 2 is 2.33 bits per heavy atom. The minimum absolute atomic E-state index is 0.257. The Balaban J connectivity index is 2.34. The summed E-state index contributed by atoms with van der Waals surface area (Å²) in [7, 11) is 0. The van der Waals surface area contributed by atoms with Gasteiger partial charge in [-0.05, 0) is 12.8 Å². The zero-order valence-electron chi connectivity index (χ0n) is 11.3. The Morgan fingerprint density at radius 3 is 2.89 bits per heavy atom. The van der Waals surface area contributed by atoms with Gasteiger partial charge >= 0.3 is 0 Å². The molecule has 1 aromatic heterocycles. The molecule has 0 spiro atoms. The largest absolute Gasteiger partial charge is 0.396 e. The molecule has 1 rings (SSSR count). The minimum Gasteiger partial charge on any atom is -0.396 e. The van der Waals surface area contributed by atoms with Gasteiger partial charge in [-0.3, -0.25) is 9.48 Å². The molecular weight excluding hydrogens is 232 g/mol. The smallest absolute Gasteiger partial charge is 0.274 e. The van der Waals surface area contributed by atoms with Crippen LogP contribution in [0.1, 0.15) is 31.3 Å². The number of anilines is 1. The highest BCUT2D eigenvalue weighted by Gasteiger charge is 2.13. The van der Waals surface area contributed by atoms with E-state index in [1.54, 1.807) is 10.9 Å². The predicted molar refractivity (Wildman–Crippen MR) is 70.3 cm³/mol. The molecule has 0 saturated heterocycles. The molecule has 0 radical (unpaired) electrons. The molecule has 6 nitrogen and oxygen atoms in total. The van der Waals surface area contributed by atoms with Crippen LogP contribution in [-0.2, 0) is 11.3 Å². The summed E-state index contributed by atoms with van der Waals surface area (Å²) in [6, 6.07) is 0. The van der Waals surface area contributed by atoms with E-state index >= 15 is 0 Å². The number of aryl methyl sites for hydroxylation is 1. The Kier molecular flexibility index (Phi) is 5.64. The highest BCUT2D eigenvalue weighted by molar-refractivity contribution is 5.96. The van der Waals surface area contributed by atoms with Crippen LogP contribution in [0.25, 0.3) is 0 Å². The van der Waals surface area contributed by atoms with Gasteiger partial charge in [0, 0.05) is 25.9 Å². The van der Waals surface area contributed by atoms with Gasteiger partial charge in [-0.1, -0.05) is 13.8 Å². The predicted octanol–water partition coefficient (Wildman–Crippen LogP) is 0.888. The van der Waals surface area contributed by atoms with Crippen LogP contribution in [0.2, 0.25) is 0 Å². The van der Waals surface area contributed by atoms with Crippen LogP contribution in [-0.4, -0.2) is 35.4 Å². The number of carbonyl (C=O) groups excluding carboxylic acids is 1. The Bertz CT molecular complexity index is 387. The first kappa shape index (κ1) is 14.5. The van der Waals surface area contributed by atoms with Gasteiger partial charge in [-0.25, -0.2) is 0 Å². The average molecular weight is 254 g/mol. The van der Waals surface area contributed by atoms with Gasteiger partial charge in [0.15, 0.2) is 5.69 Å². The lowest BCUT2D eigenvalue weighted by molar-refractivity contribution is 0.0882. The van der Waals surface area contributed by atoms with Crippen LogP contribution in [0, 0.1) is 5.92 Å². The number of aromatic nitrogens is 2. The highest BCUT2D eigenvalue weighted by atomic mass is 16.5. The molecule has 0 atom stereocenters. The monoisotopic (exact) mass is 254 g/mol. The number of ether oxygens (including phenoxy) is 1. The van der Waals surface area contributed by atoms with Crippen molar-refractivity contribution in [3.8, 4) is 0 Å². The van der Waals surface area contributed by atoms with Gasteiger partial charge in [0.25, 0.3) is 5.91 Å². The lowest BCUT2D eigenvalue weighted by Crippen LogP contribution is -2.28. The number of nitrogens with two attached hydrogens (primary N) is 1. The number of nitrogen functional groups attached to an aromatic ring is 1. The topological polar surface area (TPSA) is 82.2 Å². The fourth-order valence-electron chi connectivity index (χ4n) is 1.41. The van der Waals surface area contributed by atoms with Gasteiger partial charge in [-0.2, -0.15) is 5.10 Å². The van der Waals surface area contributed by atoms with Crippen LogP contribution >= 0.6 is 0 Å². The van der Waals surface area contributed by atoms with Crippen LogP contribution in [0.5, 0.6) is 0 Å². The molecule has 18 heavy (non-hydrogen) atoms. The maximum absolute atomic E-state index is 11.8. The molecule has 1 aromatic rings. The third kappa shape index (κ3) is 4.37. The molecule has 0 bridgehead atoms. The van der Waals surface area contributed by atoms with Gasteiger partial charge in [0.2, 0.25) is 0 Å². The van der Waals surface area contributed by atoms with Crippen molar-refractivity contribution in [1.29, 1.82) is 0 Å². The molecule has 1 amide bonds. The minimum atomic E-state index is -0.257. The Labute approximate surface area is 107 Å². The fraction of sp³-hybridized carbons (Fsp3) is 0.667. The van der Waals surface area contributed by atoms with E-state index < -0.39 is 0 Å². The van der Waals surface area contributed by atoms with Crippen molar-refractivity contribution >= 4 is 11.6 Å². The van der Waals surface area contributed by atoms with E-state index in [1.165, 1.54) is 0 Å². The second kappa shape index (κ2) is 7.00. The van der Waals surface area contributed by atoms with Crippen LogP contribution < -0.4 is 11.1 Å². The quantitative estimate of drug-likeness (QED) is 0.708. The summed E-state index contributed by atoms with van der Waals surface area (Å²) in [6.45, 7) is 8.45. The third-order valence-corrected chi connectivity index (χ3v) is 2.31. The summed E-state index contributed by atoms with van der Waals surface area (Å²) in [5.74, 6) is 0.240. The maximum Gasteiger partial charge on any atom is 0.274 e. The summed E-state index contributed by atoms with van der Waals surface area (Å²) in [5.41, 5.74) is 6.39. The molecule has 1 heterocycles. The summed E-state index contributed by atoms with van der Waals surface area (Å²) in [6.07, 6.45) is 1.66. The summed E-state index contributed by atoms with van der Waals surface area (Å²) in [4.78, 5) is 11.8. The molecular formula is C12H22N4O2. The zero-order chi connectivity index (χ0) is 13.5. The van der Waals surface area contributed by atoms with E-state index in [0.29, 0.717) is 37.9 Å². The summed E-state index contributed by atoms with van der Waals surface area (Å²) >= 11 is 0. The Hall–Kier alpha value is -1.56. The van der Waals surface area contributed by atoms with Crippen molar-refractivity contribution in [3.63, 3.8) is 0 Å². The average Bonchev–Trinajstić information content (AvgIpc) is 2.69. The molecule has 0 aromatic carbocycles. The van der Waals surface area contributed by atoms with E-state index in [1.807, 2.05) is 6.92 Å². The molecule has 0 aliphatic rings. The second-order valence-corrected chi connectivity index (χ2v) is 4.51. The number of nitrogens with one attached hydrogen (secondary N) is 1. The highest BCUT2D eigenvalue weighted by Crippen LogP contribution is 2.08. The van der Waals surface area contributed by atoms with Crippen molar-refractivity contribution < 1.29 is 9.53 Å². The van der Waals surface area contributed by atoms with Crippen molar-refractivity contribution in [2.45, 2.75) is 27.3 Å². The first-order valence-corrected chi connectivity index (χ1v) is 6.23.